The molecule has 0 saturated heterocycles. The summed E-state index contributed by atoms with van der Waals surface area (Å²) in [7, 11) is -1.27. The highest BCUT2D eigenvalue weighted by Crippen LogP contribution is 2.35. The Bertz CT molecular complexity index is 881. The van der Waals surface area contributed by atoms with Gasteiger partial charge in [0.05, 0.1) is 24.8 Å². The van der Waals surface area contributed by atoms with Crippen molar-refractivity contribution in [2.75, 3.05) is 31.3 Å². The van der Waals surface area contributed by atoms with Gasteiger partial charge in [-0.05, 0) is 42.7 Å². The molecule has 2 rings (SSSR count). The highest BCUT2D eigenvalue weighted by Gasteiger charge is 2.29. The molecule has 26 heavy (non-hydrogen) atoms. The molecular weight excluding hydrogens is 378 g/mol. The number of carboxylic acid groups (broad SMARTS) is 1. The first kappa shape index (κ1) is 19.9. The Labute approximate surface area is 156 Å². The lowest BCUT2D eigenvalue weighted by Crippen LogP contribution is -2.36. The number of benzene rings is 2. The van der Waals surface area contributed by atoms with E-state index >= 15 is 0 Å². The predicted octanol–water partition coefficient (Wildman–Crippen LogP) is 2.71. The molecule has 0 aliphatic rings. The molecule has 9 heteroatoms. The van der Waals surface area contributed by atoms with Crippen LogP contribution in [0.5, 0.6) is 11.5 Å². The Balaban J connectivity index is 2.57. The molecule has 0 aromatic heterocycles. The molecule has 0 heterocycles. The first-order chi connectivity index (χ1) is 12.3. The zero-order valence-electron chi connectivity index (χ0n) is 14.5. The number of sulfonamides is 1. The van der Waals surface area contributed by atoms with Crippen LogP contribution in [-0.4, -0.2) is 46.5 Å². The number of carboxylic acids is 1. The van der Waals surface area contributed by atoms with Crippen LogP contribution in [-0.2, 0) is 14.8 Å². The topological polar surface area (TPSA) is 93.1 Å². The molecule has 2 aromatic carbocycles. The third kappa shape index (κ3) is 4.23. The number of aliphatic carboxylic acids is 1. The first-order valence-electron chi connectivity index (χ1n) is 7.44. The van der Waals surface area contributed by atoms with Crippen molar-refractivity contribution in [3.8, 4) is 11.5 Å². The van der Waals surface area contributed by atoms with E-state index in [1.54, 1.807) is 18.2 Å². The zero-order chi connectivity index (χ0) is 19.3. The van der Waals surface area contributed by atoms with Crippen LogP contribution in [0.1, 0.15) is 0 Å². The third-order valence-corrected chi connectivity index (χ3v) is 6.10. The van der Waals surface area contributed by atoms with Gasteiger partial charge in [-0.3, -0.25) is 9.10 Å². The fraction of sp³-hybridized carbons (Fsp3) is 0.235. The quantitative estimate of drug-likeness (QED) is 0.685. The first-order valence-corrected chi connectivity index (χ1v) is 10.1. The van der Waals surface area contributed by atoms with Gasteiger partial charge in [-0.15, -0.1) is 11.8 Å². The molecule has 0 unspecified atom stereocenters. The molecule has 0 amide bonds. The highest BCUT2D eigenvalue weighted by atomic mass is 32.2. The van der Waals surface area contributed by atoms with Crippen LogP contribution in [0.25, 0.3) is 0 Å². The number of hydrogen-bond acceptors (Lipinski definition) is 6. The molecular formula is C17H19NO6S2. The molecule has 1 N–H and O–H groups in total. The van der Waals surface area contributed by atoms with Gasteiger partial charge in [0.15, 0.2) is 0 Å². The van der Waals surface area contributed by atoms with Gasteiger partial charge in [0.25, 0.3) is 10.0 Å². The van der Waals surface area contributed by atoms with Crippen molar-refractivity contribution < 1.29 is 27.8 Å². The number of carbonyl (C=O) groups is 1. The van der Waals surface area contributed by atoms with Crippen molar-refractivity contribution in [3.05, 3.63) is 42.5 Å². The Hall–Kier alpha value is -2.39. The second-order valence-corrected chi connectivity index (χ2v) is 7.86. The Morgan fingerprint density at radius 3 is 2.27 bits per heavy atom. The molecule has 0 aliphatic heterocycles. The number of ether oxygens (including phenoxy) is 2. The zero-order valence-corrected chi connectivity index (χ0v) is 16.1. The van der Waals surface area contributed by atoms with E-state index in [9.17, 15) is 18.3 Å². The normalized spacial score (nSPS) is 11.0. The van der Waals surface area contributed by atoms with Crippen molar-refractivity contribution in [3.63, 3.8) is 0 Å². The maximum atomic E-state index is 13.1. The average molecular weight is 397 g/mol. The summed E-state index contributed by atoms with van der Waals surface area (Å²) in [6.07, 6.45) is 1.88. The SMILES string of the molecule is COc1ccc(N(CC(=O)O)S(=O)(=O)c2ccc(SC)cc2)c(OC)c1. The molecule has 0 fully saturated rings. The van der Waals surface area contributed by atoms with Gasteiger partial charge < -0.3 is 14.6 Å². The largest absolute Gasteiger partial charge is 0.497 e. The van der Waals surface area contributed by atoms with Crippen LogP contribution in [0.3, 0.4) is 0 Å². The lowest BCUT2D eigenvalue weighted by Gasteiger charge is -2.24. The minimum atomic E-state index is -4.10. The molecule has 0 radical (unpaired) electrons. The lowest BCUT2D eigenvalue weighted by molar-refractivity contribution is -0.135. The maximum absolute atomic E-state index is 13.1. The molecule has 0 bridgehead atoms. The predicted molar refractivity (Wildman–Crippen MR) is 99.9 cm³/mol. The minimum Gasteiger partial charge on any atom is -0.497 e. The van der Waals surface area contributed by atoms with E-state index in [4.69, 9.17) is 9.47 Å². The van der Waals surface area contributed by atoms with Crippen LogP contribution < -0.4 is 13.8 Å². The highest BCUT2D eigenvalue weighted by molar-refractivity contribution is 7.98. The van der Waals surface area contributed by atoms with Crippen LogP contribution >= 0.6 is 11.8 Å². The number of thioether (sulfide) groups is 1. The second kappa shape index (κ2) is 8.33. The van der Waals surface area contributed by atoms with Gasteiger partial charge in [0.1, 0.15) is 18.0 Å². The van der Waals surface area contributed by atoms with Crippen LogP contribution in [0.2, 0.25) is 0 Å². The second-order valence-electron chi connectivity index (χ2n) is 5.12. The van der Waals surface area contributed by atoms with E-state index < -0.39 is 22.5 Å². The Morgan fingerprint density at radius 2 is 1.77 bits per heavy atom. The fourth-order valence-corrected chi connectivity index (χ4v) is 4.12. The standard InChI is InChI=1S/C17H19NO6S2/c1-23-12-4-9-15(16(10-12)24-2)18(11-17(19)20)26(21,22)14-7-5-13(25-3)6-8-14/h4-10H,11H2,1-3H3,(H,19,20). The number of anilines is 1. The van der Waals surface area contributed by atoms with Crippen molar-refractivity contribution >= 4 is 33.4 Å². The molecule has 140 valence electrons. The number of nitrogens with zero attached hydrogens (tertiary/aromatic N) is 1. The van der Waals surface area contributed by atoms with Crippen molar-refractivity contribution in [2.24, 2.45) is 0 Å². The van der Waals surface area contributed by atoms with Gasteiger partial charge in [-0.2, -0.15) is 0 Å². The average Bonchev–Trinajstić information content (AvgIpc) is 2.65. The van der Waals surface area contributed by atoms with Crippen LogP contribution in [0.4, 0.5) is 5.69 Å². The van der Waals surface area contributed by atoms with Crippen molar-refractivity contribution in [1.29, 1.82) is 0 Å². The molecule has 7 nitrogen and oxygen atoms in total. The van der Waals surface area contributed by atoms with Crippen LogP contribution in [0.15, 0.2) is 52.3 Å². The third-order valence-electron chi connectivity index (χ3n) is 3.58. The summed E-state index contributed by atoms with van der Waals surface area (Å²) in [6, 6.07) is 10.7. The van der Waals surface area contributed by atoms with Crippen LogP contribution in [0, 0.1) is 0 Å². The summed E-state index contributed by atoms with van der Waals surface area (Å²) < 4.78 is 37.3. The Kier molecular flexibility index (Phi) is 6.38. The molecule has 0 saturated carbocycles. The summed E-state index contributed by atoms with van der Waals surface area (Å²) in [5, 5.41) is 9.23. The van der Waals surface area contributed by atoms with Gasteiger partial charge in [0, 0.05) is 11.0 Å². The van der Waals surface area contributed by atoms with E-state index in [0.29, 0.717) is 5.75 Å². The van der Waals surface area contributed by atoms with Crippen molar-refractivity contribution in [1.82, 2.24) is 0 Å². The molecule has 0 aliphatic carbocycles. The Morgan fingerprint density at radius 1 is 1.12 bits per heavy atom. The summed E-state index contributed by atoms with van der Waals surface area (Å²) in [4.78, 5) is 12.2. The van der Waals surface area contributed by atoms with Gasteiger partial charge >= 0.3 is 5.97 Å². The minimum absolute atomic E-state index is 0.00517. The van der Waals surface area contributed by atoms with E-state index in [2.05, 4.69) is 0 Å². The van der Waals surface area contributed by atoms with E-state index in [1.165, 1.54) is 50.2 Å². The molecule has 0 spiro atoms. The van der Waals surface area contributed by atoms with Gasteiger partial charge in [-0.1, -0.05) is 0 Å². The molecule has 0 atom stereocenters. The monoisotopic (exact) mass is 397 g/mol. The smallest absolute Gasteiger partial charge is 0.324 e. The van der Waals surface area contributed by atoms with Gasteiger partial charge in [-0.25, -0.2) is 8.42 Å². The lowest BCUT2D eigenvalue weighted by atomic mass is 10.2. The summed E-state index contributed by atoms with van der Waals surface area (Å²) >= 11 is 1.48. The molecule has 2 aromatic rings. The summed E-state index contributed by atoms with van der Waals surface area (Å²) in [5.41, 5.74) is 0.115. The van der Waals surface area contributed by atoms with E-state index in [1.807, 2.05) is 6.26 Å². The summed E-state index contributed by atoms with van der Waals surface area (Å²) in [5.74, 6) is -0.635. The van der Waals surface area contributed by atoms with Gasteiger partial charge in [0.2, 0.25) is 0 Å². The number of hydrogen-bond donors (Lipinski definition) is 1. The number of methoxy groups -OCH3 is 2. The fourth-order valence-electron chi connectivity index (χ4n) is 2.29. The van der Waals surface area contributed by atoms with Crippen molar-refractivity contribution in [2.45, 2.75) is 9.79 Å². The summed E-state index contributed by atoms with van der Waals surface area (Å²) in [6.45, 7) is -0.741. The number of rotatable bonds is 8. The van der Waals surface area contributed by atoms with E-state index in [0.717, 1.165) is 9.20 Å². The maximum Gasteiger partial charge on any atom is 0.324 e. The van der Waals surface area contributed by atoms with E-state index in [-0.39, 0.29) is 16.3 Å².